The summed E-state index contributed by atoms with van der Waals surface area (Å²) in [6, 6.07) is 16.9. The molecule has 0 bridgehead atoms. The van der Waals surface area contributed by atoms with Crippen molar-refractivity contribution in [1.82, 2.24) is 30.3 Å². The molecule has 0 aliphatic carbocycles. The van der Waals surface area contributed by atoms with Gasteiger partial charge in [0.15, 0.2) is 0 Å². The lowest BCUT2D eigenvalue weighted by Gasteiger charge is -2.31. The molecule has 6 rings (SSSR count). The van der Waals surface area contributed by atoms with Gasteiger partial charge in [-0.3, -0.25) is 15.0 Å². The van der Waals surface area contributed by atoms with Crippen LogP contribution in [0, 0.1) is 12.7 Å². The first-order valence-electron chi connectivity index (χ1n) is 13.8. The van der Waals surface area contributed by atoms with Crippen LogP contribution in [0.5, 0.6) is 0 Å². The quantitative estimate of drug-likeness (QED) is 0.253. The minimum atomic E-state index is -0.161. The largest absolute Gasteiger partial charge is 0.420 e. The number of aromatic nitrogens is 5. The molecule has 5 aromatic rings. The lowest BCUT2D eigenvalue weighted by Crippen LogP contribution is -2.34. The Bertz CT molecular complexity index is 1490. The van der Waals surface area contributed by atoms with E-state index in [2.05, 4.69) is 30.3 Å². The number of fused-ring (bicyclic) bond motifs is 1. The van der Waals surface area contributed by atoms with Crippen LogP contribution < -0.4 is 0 Å². The van der Waals surface area contributed by atoms with Gasteiger partial charge in [-0.15, -0.1) is 10.2 Å². The number of likely N-dealkylation sites (tertiary alicyclic amines) is 1. The minimum absolute atomic E-state index is 0.129. The SMILES string of the molecule is CC.CC.Cc1cc(-c2n[nH]c3ccc(-c4nnc([C@@H]5CCCN(Cc6ccccc6F)C5)o4)cc23)ccn1. The third kappa shape index (κ3) is 6.40. The zero-order valence-corrected chi connectivity index (χ0v) is 23.4. The minimum Gasteiger partial charge on any atom is -0.420 e. The monoisotopic (exact) mass is 528 g/mol. The van der Waals surface area contributed by atoms with Crippen LogP contribution in [0.2, 0.25) is 0 Å². The highest BCUT2D eigenvalue weighted by atomic mass is 19.1. The summed E-state index contributed by atoms with van der Waals surface area (Å²) in [5, 5.41) is 17.3. The van der Waals surface area contributed by atoms with Gasteiger partial charge >= 0.3 is 0 Å². The number of nitrogens with one attached hydrogen (secondary N) is 1. The first kappa shape index (κ1) is 28.1. The number of rotatable bonds is 5. The van der Waals surface area contributed by atoms with Crippen molar-refractivity contribution in [2.75, 3.05) is 13.1 Å². The number of pyridine rings is 1. The van der Waals surface area contributed by atoms with E-state index in [9.17, 15) is 4.39 Å². The molecule has 2 aromatic carbocycles. The van der Waals surface area contributed by atoms with Crippen molar-refractivity contribution < 1.29 is 8.81 Å². The number of hydrogen-bond acceptors (Lipinski definition) is 6. The number of nitrogens with zero attached hydrogens (tertiary/aromatic N) is 5. The van der Waals surface area contributed by atoms with E-state index < -0.39 is 0 Å². The van der Waals surface area contributed by atoms with Gasteiger partial charge in [0.1, 0.15) is 11.5 Å². The van der Waals surface area contributed by atoms with E-state index in [1.807, 2.05) is 77.1 Å². The van der Waals surface area contributed by atoms with Gasteiger partial charge in [-0.2, -0.15) is 5.10 Å². The molecule has 1 aliphatic heterocycles. The number of H-pyrrole nitrogens is 1. The third-order valence-corrected chi connectivity index (χ3v) is 6.63. The molecule has 0 unspecified atom stereocenters. The molecule has 0 saturated carbocycles. The van der Waals surface area contributed by atoms with Crippen molar-refractivity contribution >= 4 is 10.9 Å². The maximum Gasteiger partial charge on any atom is 0.247 e. The summed E-state index contributed by atoms with van der Waals surface area (Å²) in [6.45, 7) is 12.2. The molecule has 1 saturated heterocycles. The second-order valence-electron chi connectivity index (χ2n) is 9.13. The van der Waals surface area contributed by atoms with E-state index in [1.54, 1.807) is 12.3 Å². The molecule has 1 atom stereocenters. The Balaban J connectivity index is 0.000000845. The van der Waals surface area contributed by atoms with Crippen LogP contribution in [0.25, 0.3) is 33.6 Å². The highest BCUT2D eigenvalue weighted by Gasteiger charge is 2.26. The fourth-order valence-electron chi connectivity index (χ4n) is 4.84. The van der Waals surface area contributed by atoms with Crippen molar-refractivity contribution in [2.45, 2.75) is 59.9 Å². The number of aryl methyl sites for hydroxylation is 1. The number of piperidine rings is 1. The second kappa shape index (κ2) is 13.2. The summed E-state index contributed by atoms with van der Waals surface area (Å²) >= 11 is 0. The van der Waals surface area contributed by atoms with E-state index in [-0.39, 0.29) is 11.7 Å². The molecule has 1 N–H and O–H groups in total. The van der Waals surface area contributed by atoms with Crippen LogP contribution >= 0.6 is 0 Å². The topological polar surface area (TPSA) is 83.7 Å². The summed E-state index contributed by atoms with van der Waals surface area (Å²) in [4.78, 5) is 6.54. The highest BCUT2D eigenvalue weighted by Crippen LogP contribution is 2.32. The van der Waals surface area contributed by atoms with Crippen molar-refractivity contribution in [3.8, 4) is 22.7 Å². The average Bonchev–Trinajstić information content (AvgIpc) is 3.64. The van der Waals surface area contributed by atoms with E-state index in [0.29, 0.717) is 23.9 Å². The summed E-state index contributed by atoms with van der Waals surface area (Å²) in [5.41, 5.74) is 5.31. The summed E-state index contributed by atoms with van der Waals surface area (Å²) in [6.07, 6.45) is 3.77. The Morgan fingerprint density at radius 3 is 2.62 bits per heavy atom. The zero-order valence-electron chi connectivity index (χ0n) is 23.4. The smallest absolute Gasteiger partial charge is 0.247 e. The predicted octanol–water partition coefficient (Wildman–Crippen LogP) is 7.55. The molecule has 4 heterocycles. The molecule has 1 fully saturated rings. The Labute approximate surface area is 229 Å². The van der Waals surface area contributed by atoms with Crippen molar-refractivity contribution in [2.24, 2.45) is 0 Å². The summed E-state index contributed by atoms with van der Waals surface area (Å²) in [7, 11) is 0. The fourth-order valence-corrected chi connectivity index (χ4v) is 4.84. The molecule has 0 radical (unpaired) electrons. The van der Waals surface area contributed by atoms with Crippen LogP contribution in [-0.2, 0) is 6.54 Å². The van der Waals surface area contributed by atoms with Gasteiger partial charge in [0, 0.05) is 47.1 Å². The van der Waals surface area contributed by atoms with Gasteiger partial charge in [0.05, 0.1) is 11.4 Å². The molecule has 0 amide bonds. The van der Waals surface area contributed by atoms with Crippen molar-refractivity contribution in [1.29, 1.82) is 0 Å². The first-order chi connectivity index (χ1) is 19.1. The maximum absolute atomic E-state index is 14.1. The second-order valence-corrected chi connectivity index (χ2v) is 9.13. The number of aromatic amines is 1. The van der Waals surface area contributed by atoms with Crippen LogP contribution in [0.3, 0.4) is 0 Å². The molecule has 1 aliphatic rings. The van der Waals surface area contributed by atoms with Crippen LogP contribution in [0.4, 0.5) is 4.39 Å². The Morgan fingerprint density at radius 2 is 1.82 bits per heavy atom. The first-order valence-corrected chi connectivity index (χ1v) is 13.8. The van der Waals surface area contributed by atoms with Crippen LogP contribution in [-0.4, -0.2) is 43.4 Å². The summed E-state index contributed by atoms with van der Waals surface area (Å²) < 4.78 is 20.3. The van der Waals surface area contributed by atoms with Crippen LogP contribution in [0.15, 0.2) is 65.2 Å². The fraction of sp³-hybridized carbons (Fsp3) is 0.355. The normalized spacial score (nSPS) is 15.3. The number of hydrogen-bond donors (Lipinski definition) is 1. The van der Waals surface area contributed by atoms with E-state index in [4.69, 9.17) is 4.42 Å². The molecule has 8 heteroatoms. The standard InChI is InChI=1S/C27H25FN6O.2C2H6/c1-17-13-18(10-11-29-17)25-22-14-19(8-9-24(22)30-31-25)26-32-33-27(35-26)21-6-4-12-34(16-21)15-20-5-2-3-7-23(20)28;2*1-2/h2-3,5,7-11,13-14,21H,4,6,12,15-16H2,1H3,(H,30,31);2*1-2H3/t21-;;/m1../s1. The van der Waals surface area contributed by atoms with Gasteiger partial charge in [-0.05, 0) is 62.7 Å². The average molecular weight is 529 g/mol. The molecular formula is C31H37FN6O. The zero-order chi connectivity index (χ0) is 27.8. The van der Waals surface area contributed by atoms with Gasteiger partial charge in [0.2, 0.25) is 11.8 Å². The Kier molecular flexibility index (Phi) is 9.54. The van der Waals surface area contributed by atoms with Gasteiger partial charge < -0.3 is 4.42 Å². The number of halogens is 1. The maximum atomic E-state index is 14.1. The lowest BCUT2D eigenvalue weighted by molar-refractivity contribution is 0.184. The van der Waals surface area contributed by atoms with Gasteiger partial charge in [-0.1, -0.05) is 45.9 Å². The highest BCUT2D eigenvalue weighted by molar-refractivity contribution is 5.95. The summed E-state index contributed by atoms with van der Waals surface area (Å²) in [5.74, 6) is 1.09. The number of benzene rings is 2. The van der Waals surface area contributed by atoms with Crippen molar-refractivity contribution in [3.05, 3.63) is 83.8 Å². The van der Waals surface area contributed by atoms with E-state index in [0.717, 1.165) is 59.3 Å². The molecule has 0 spiro atoms. The van der Waals surface area contributed by atoms with E-state index in [1.165, 1.54) is 6.07 Å². The molecule has 204 valence electrons. The Morgan fingerprint density at radius 1 is 1.00 bits per heavy atom. The molecule has 7 nitrogen and oxygen atoms in total. The van der Waals surface area contributed by atoms with E-state index >= 15 is 0 Å². The predicted molar refractivity (Wildman–Crippen MR) is 154 cm³/mol. The molecule has 39 heavy (non-hydrogen) atoms. The van der Waals surface area contributed by atoms with Crippen LogP contribution in [0.1, 0.15) is 63.6 Å². The van der Waals surface area contributed by atoms with Crippen molar-refractivity contribution in [3.63, 3.8) is 0 Å². The molecule has 3 aromatic heterocycles. The Hall–Kier alpha value is -3.91. The van der Waals surface area contributed by atoms with Gasteiger partial charge in [0.25, 0.3) is 0 Å². The van der Waals surface area contributed by atoms with Gasteiger partial charge in [-0.25, -0.2) is 4.39 Å². The lowest BCUT2D eigenvalue weighted by atomic mass is 9.97. The molecular weight excluding hydrogens is 491 g/mol. The third-order valence-electron chi connectivity index (χ3n) is 6.63.